The second-order valence-corrected chi connectivity index (χ2v) is 7.56. The molecule has 1 N–H and O–H groups in total. The van der Waals surface area contributed by atoms with Gasteiger partial charge in [-0.1, -0.05) is 12.1 Å². The topological polar surface area (TPSA) is 104 Å². The SMILES string of the molecule is CC(C(=O)NCCC(=O)c1ccc2c(c1)CCN2C=O)N1C(=O)c2ccccc2C1=O. The molecule has 0 bridgehead atoms. The van der Waals surface area contributed by atoms with Crippen LogP contribution in [0.15, 0.2) is 42.5 Å². The monoisotopic (exact) mass is 419 g/mol. The first-order valence-corrected chi connectivity index (χ1v) is 10.0. The number of anilines is 1. The highest BCUT2D eigenvalue weighted by Gasteiger charge is 2.40. The molecule has 2 aromatic rings. The minimum Gasteiger partial charge on any atom is -0.354 e. The molecule has 4 rings (SSSR count). The van der Waals surface area contributed by atoms with Crippen molar-refractivity contribution in [3.8, 4) is 0 Å². The molecule has 4 amide bonds. The first kappa shape index (κ1) is 20.5. The molecule has 0 saturated carbocycles. The van der Waals surface area contributed by atoms with Crippen molar-refractivity contribution in [2.24, 2.45) is 0 Å². The van der Waals surface area contributed by atoms with Crippen LogP contribution in [0.5, 0.6) is 0 Å². The van der Waals surface area contributed by atoms with Crippen LogP contribution in [0.3, 0.4) is 0 Å². The highest BCUT2D eigenvalue weighted by Crippen LogP contribution is 2.28. The molecule has 8 heteroatoms. The highest BCUT2D eigenvalue weighted by molar-refractivity contribution is 6.22. The average molecular weight is 419 g/mol. The molecular formula is C23H21N3O5. The highest BCUT2D eigenvalue weighted by atomic mass is 16.2. The van der Waals surface area contributed by atoms with Gasteiger partial charge in [-0.3, -0.25) is 28.9 Å². The Morgan fingerprint density at radius 1 is 1.10 bits per heavy atom. The van der Waals surface area contributed by atoms with Gasteiger partial charge in [-0.2, -0.15) is 0 Å². The van der Waals surface area contributed by atoms with E-state index in [4.69, 9.17) is 0 Å². The number of amides is 4. The summed E-state index contributed by atoms with van der Waals surface area (Å²) in [5.74, 6) is -1.64. The number of fused-ring (bicyclic) bond motifs is 2. The molecule has 2 heterocycles. The Morgan fingerprint density at radius 3 is 2.42 bits per heavy atom. The van der Waals surface area contributed by atoms with E-state index in [0.29, 0.717) is 18.5 Å². The molecule has 0 saturated heterocycles. The first-order valence-electron chi connectivity index (χ1n) is 10.0. The Labute approximate surface area is 178 Å². The van der Waals surface area contributed by atoms with Crippen LogP contribution < -0.4 is 10.2 Å². The van der Waals surface area contributed by atoms with Crippen LogP contribution in [0.2, 0.25) is 0 Å². The van der Waals surface area contributed by atoms with Crippen molar-refractivity contribution in [2.75, 3.05) is 18.0 Å². The maximum atomic E-state index is 12.5. The summed E-state index contributed by atoms with van der Waals surface area (Å²) in [6.45, 7) is 2.17. The van der Waals surface area contributed by atoms with Crippen molar-refractivity contribution >= 4 is 35.6 Å². The molecule has 0 spiro atoms. The molecule has 1 unspecified atom stereocenters. The zero-order chi connectivity index (χ0) is 22.1. The molecule has 31 heavy (non-hydrogen) atoms. The standard InChI is InChI=1S/C23H21N3O5/c1-14(26-22(30)17-4-2-3-5-18(17)23(26)31)21(29)24-10-8-20(28)16-6-7-19-15(12-16)9-11-25(19)13-27/h2-7,12-14H,8-11H2,1H3,(H,24,29). The maximum Gasteiger partial charge on any atom is 0.262 e. The van der Waals surface area contributed by atoms with E-state index in [9.17, 15) is 24.0 Å². The number of Topliss-reactive ketones (excluding diaryl/α,β-unsaturated/α-hetero) is 1. The Morgan fingerprint density at radius 2 is 1.77 bits per heavy atom. The van der Waals surface area contributed by atoms with Gasteiger partial charge < -0.3 is 10.2 Å². The van der Waals surface area contributed by atoms with Gasteiger partial charge in [0.15, 0.2) is 5.78 Å². The maximum absolute atomic E-state index is 12.5. The Kier molecular flexibility index (Phi) is 5.37. The third-order valence-corrected chi connectivity index (χ3v) is 5.70. The third-order valence-electron chi connectivity index (χ3n) is 5.70. The molecule has 2 aliphatic rings. The van der Waals surface area contributed by atoms with E-state index in [2.05, 4.69) is 5.32 Å². The molecule has 2 aliphatic heterocycles. The molecule has 158 valence electrons. The van der Waals surface area contributed by atoms with E-state index in [0.717, 1.165) is 22.6 Å². The van der Waals surface area contributed by atoms with Gasteiger partial charge in [0.1, 0.15) is 6.04 Å². The third kappa shape index (κ3) is 3.61. The lowest BCUT2D eigenvalue weighted by molar-refractivity contribution is -0.124. The molecule has 1 atom stereocenters. The summed E-state index contributed by atoms with van der Waals surface area (Å²) >= 11 is 0. The number of nitrogens with one attached hydrogen (secondary N) is 1. The summed E-state index contributed by atoms with van der Waals surface area (Å²) < 4.78 is 0. The predicted octanol–water partition coefficient (Wildman–Crippen LogP) is 1.58. The van der Waals surface area contributed by atoms with Crippen molar-refractivity contribution in [1.29, 1.82) is 0 Å². The summed E-state index contributed by atoms with van der Waals surface area (Å²) in [4.78, 5) is 63.6. The number of hydrogen-bond acceptors (Lipinski definition) is 5. The number of benzene rings is 2. The lowest BCUT2D eigenvalue weighted by Gasteiger charge is -2.21. The van der Waals surface area contributed by atoms with Gasteiger partial charge in [0.05, 0.1) is 11.1 Å². The Hall–Kier alpha value is -3.81. The second kappa shape index (κ2) is 8.14. The minimum atomic E-state index is -0.989. The number of carbonyl (C=O) groups excluding carboxylic acids is 5. The Bertz CT molecular complexity index is 1080. The number of imide groups is 1. The van der Waals surface area contributed by atoms with Crippen LogP contribution in [-0.2, 0) is 16.0 Å². The van der Waals surface area contributed by atoms with E-state index in [1.165, 1.54) is 6.92 Å². The lowest BCUT2D eigenvalue weighted by atomic mass is 10.0. The first-order chi connectivity index (χ1) is 14.9. The fourth-order valence-electron chi connectivity index (χ4n) is 3.98. The van der Waals surface area contributed by atoms with Gasteiger partial charge in [0.2, 0.25) is 12.3 Å². The van der Waals surface area contributed by atoms with E-state index >= 15 is 0 Å². The van der Waals surface area contributed by atoms with Crippen LogP contribution in [-0.4, -0.2) is 53.9 Å². The van der Waals surface area contributed by atoms with Crippen molar-refractivity contribution in [3.05, 3.63) is 64.7 Å². The summed E-state index contributed by atoms with van der Waals surface area (Å²) in [7, 11) is 0. The van der Waals surface area contributed by atoms with Gasteiger partial charge in [-0.25, -0.2) is 0 Å². The largest absolute Gasteiger partial charge is 0.354 e. The van der Waals surface area contributed by atoms with Crippen molar-refractivity contribution in [3.63, 3.8) is 0 Å². The van der Waals surface area contributed by atoms with Crippen molar-refractivity contribution < 1.29 is 24.0 Å². The van der Waals surface area contributed by atoms with Crippen LogP contribution >= 0.6 is 0 Å². The van der Waals surface area contributed by atoms with Crippen molar-refractivity contribution in [1.82, 2.24) is 10.2 Å². The number of ketones is 1. The average Bonchev–Trinajstić information content (AvgIpc) is 3.31. The predicted molar refractivity (Wildman–Crippen MR) is 112 cm³/mol. The number of hydrogen-bond donors (Lipinski definition) is 1. The summed E-state index contributed by atoms with van der Waals surface area (Å²) in [5, 5.41) is 2.64. The zero-order valence-corrected chi connectivity index (χ0v) is 17.0. The lowest BCUT2D eigenvalue weighted by Crippen LogP contribution is -2.48. The van der Waals surface area contributed by atoms with Crippen molar-refractivity contribution in [2.45, 2.75) is 25.8 Å². The molecule has 0 aromatic heterocycles. The fraction of sp³-hybridized carbons (Fsp3) is 0.261. The normalized spacial score (nSPS) is 15.5. The molecule has 8 nitrogen and oxygen atoms in total. The number of rotatable bonds is 7. The van der Waals surface area contributed by atoms with Gasteiger partial charge in [-0.05, 0) is 49.2 Å². The summed E-state index contributed by atoms with van der Waals surface area (Å²) in [6, 6.07) is 10.7. The number of carbonyl (C=O) groups is 5. The molecule has 2 aromatic carbocycles. The minimum absolute atomic E-state index is 0.0801. The second-order valence-electron chi connectivity index (χ2n) is 7.56. The molecule has 0 aliphatic carbocycles. The van der Waals surface area contributed by atoms with Gasteiger partial charge >= 0.3 is 0 Å². The van der Waals surface area contributed by atoms with E-state index < -0.39 is 23.8 Å². The zero-order valence-electron chi connectivity index (χ0n) is 17.0. The number of nitrogens with zero attached hydrogens (tertiary/aromatic N) is 2. The van der Waals surface area contributed by atoms with Gasteiger partial charge in [0.25, 0.3) is 11.8 Å². The van der Waals surface area contributed by atoms with E-state index in [1.807, 2.05) is 0 Å². The summed E-state index contributed by atoms with van der Waals surface area (Å²) in [6.07, 6.45) is 1.55. The fourth-order valence-corrected chi connectivity index (χ4v) is 3.98. The van der Waals surface area contributed by atoms with Gasteiger partial charge in [-0.15, -0.1) is 0 Å². The van der Waals surface area contributed by atoms with E-state index in [-0.39, 0.29) is 29.9 Å². The quantitative estimate of drug-likeness (QED) is 0.417. The van der Waals surface area contributed by atoms with Crippen LogP contribution in [0, 0.1) is 0 Å². The molecule has 0 fully saturated rings. The van der Waals surface area contributed by atoms with Gasteiger partial charge in [0, 0.05) is 30.8 Å². The van der Waals surface area contributed by atoms with Crippen LogP contribution in [0.25, 0.3) is 0 Å². The van der Waals surface area contributed by atoms with Crippen LogP contribution in [0.1, 0.15) is 50.0 Å². The van der Waals surface area contributed by atoms with E-state index in [1.54, 1.807) is 47.4 Å². The molecule has 0 radical (unpaired) electrons. The smallest absolute Gasteiger partial charge is 0.262 e. The Balaban J connectivity index is 1.33. The summed E-state index contributed by atoms with van der Waals surface area (Å²) in [5.41, 5.74) is 2.85. The molecular weight excluding hydrogens is 398 g/mol. The van der Waals surface area contributed by atoms with Crippen LogP contribution in [0.4, 0.5) is 5.69 Å².